The molecule has 1 aliphatic carbocycles. The quantitative estimate of drug-likeness (QED) is 0.636. The van der Waals surface area contributed by atoms with Crippen molar-refractivity contribution < 1.29 is 13.2 Å². The first-order valence-electron chi connectivity index (χ1n) is 9.99. The smallest absolute Gasteiger partial charge is 0.242 e. The number of hydrogen-bond donors (Lipinski definition) is 1. The summed E-state index contributed by atoms with van der Waals surface area (Å²) in [6.45, 7) is 2.45. The van der Waals surface area contributed by atoms with E-state index in [1.807, 2.05) is 24.3 Å². The number of rotatable bonds is 9. The van der Waals surface area contributed by atoms with Crippen LogP contribution in [0.15, 0.2) is 53.4 Å². The van der Waals surface area contributed by atoms with E-state index in [1.165, 1.54) is 18.4 Å². The zero-order valence-electron chi connectivity index (χ0n) is 17.5. The summed E-state index contributed by atoms with van der Waals surface area (Å²) in [6.07, 6.45) is 2.12. The predicted molar refractivity (Wildman–Crippen MR) is 119 cm³/mol. The second-order valence-corrected chi connectivity index (χ2v) is 10.3. The van der Waals surface area contributed by atoms with Crippen LogP contribution in [0.5, 0.6) is 0 Å². The summed E-state index contributed by atoms with van der Waals surface area (Å²) in [7, 11) is -0.591. The highest BCUT2D eigenvalue weighted by Crippen LogP contribution is 2.36. The number of benzene rings is 2. The van der Waals surface area contributed by atoms with Crippen LogP contribution in [0.2, 0.25) is 5.02 Å². The Labute approximate surface area is 183 Å². The van der Waals surface area contributed by atoms with Crippen molar-refractivity contribution >= 4 is 27.5 Å². The molecule has 1 saturated carbocycles. The summed E-state index contributed by atoms with van der Waals surface area (Å²) < 4.78 is 26.3. The Kier molecular flexibility index (Phi) is 7.18. The highest BCUT2D eigenvalue weighted by Gasteiger charge is 2.34. The van der Waals surface area contributed by atoms with Gasteiger partial charge in [0.1, 0.15) is 0 Å². The summed E-state index contributed by atoms with van der Waals surface area (Å²) in [5, 5.41) is 3.58. The third-order valence-corrected chi connectivity index (χ3v) is 7.66. The van der Waals surface area contributed by atoms with Gasteiger partial charge in [0.25, 0.3) is 0 Å². The minimum Gasteiger partial charge on any atom is -0.351 e. The van der Waals surface area contributed by atoms with Gasteiger partial charge in [0, 0.05) is 37.7 Å². The summed E-state index contributed by atoms with van der Waals surface area (Å²) >= 11 is 6.36. The van der Waals surface area contributed by atoms with Gasteiger partial charge >= 0.3 is 0 Å². The van der Waals surface area contributed by atoms with Gasteiger partial charge in [-0.05, 0) is 43.0 Å². The minimum atomic E-state index is -3.58. The van der Waals surface area contributed by atoms with Crippen LogP contribution in [0.3, 0.4) is 0 Å². The minimum absolute atomic E-state index is 0.0124. The van der Waals surface area contributed by atoms with Crippen molar-refractivity contribution in [2.75, 3.05) is 20.6 Å². The Hall–Kier alpha value is -1.93. The average molecular weight is 450 g/mol. The van der Waals surface area contributed by atoms with Crippen molar-refractivity contribution in [2.24, 2.45) is 0 Å². The molecule has 1 aliphatic rings. The van der Waals surface area contributed by atoms with Crippen LogP contribution in [0.1, 0.15) is 36.9 Å². The summed E-state index contributed by atoms with van der Waals surface area (Å²) in [6, 6.07) is 14.8. The molecule has 8 heteroatoms. The van der Waals surface area contributed by atoms with Gasteiger partial charge < -0.3 is 5.32 Å². The maximum absolute atomic E-state index is 12.7. The molecule has 0 aliphatic heterocycles. The molecule has 1 N–H and O–H groups in total. The van der Waals surface area contributed by atoms with E-state index in [1.54, 1.807) is 24.3 Å². The van der Waals surface area contributed by atoms with Crippen molar-refractivity contribution in [3.63, 3.8) is 0 Å². The molecule has 0 aromatic heterocycles. The highest BCUT2D eigenvalue weighted by atomic mass is 35.5. The predicted octanol–water partition coefficient (Wildman–Crippen LogP) is 3.43. The van der Waals surface area contributed by atoms with Gasteiger partial charge in [0.2, 0.25) is 15.9 Å². The van der Waals surface area contributed by atoms with E-state index in [-0.39, 0.29) is 29.9 Å². The van der Waals surface area contributed by atoms with Crippen molar-refractivity contribution in [1.82, 2.24) is 14.5 Å². The maximum Gasteiger partial charge on any atom is 0.242 e. The lowest BCUT2D eigenvalue weighted by atomic mass is 10.1. The molecule has 1 atom stereocenters. The second kappa shape index (κ2) is 9.47. The Morgan fingerprint density at radius 3 is 2.40 bits per heavy atom. The largest absolute Gasteiger partial charge is 0.351 e. The molecule has 2 aromatic carbocycles. The molecule has 1 fully saturated rings. The summed E-state index contributed by atoms with van der Waals surface area (Å²) in [5.74, 6) is -0.141. The van der Waals surface area contributed by atoms with Crippen LogP contribution in [-0.4, -0.2) is 50.2 Å². The monoisotopic (exact) mass is 449 g/mol. The lowest BCUT2D eigenvalue weighted by Crippen LogP contribution is -2.40. The molecule has 30 heavy (non-hydrogen) atoms. The molecule has 0 spiro atoms. The molecule has 0 bridgehead atoms. The first-order valence-corrected chi connectivity index (χ1v) is 11.8. The third-order valence-electron chi connectivity index (χ3n) is 5.40. The van der Waals surface area contributed by atoms with E-state index < -0.39 is 10.0 Å². The van der Waals surface area contributed by atoms with E-state index in [0.29, 0.717) is 16.6 Å². The number of hydrogen-bond acceptors (Lipinski definition) is 4. The zero-order valence-corrected chi connectivity index (χ0v) is 19.1. The van der Waals surface area contributed by atoms with E-state index in [4.69, 9.17) is 11.6 Å². The molecule has 0 saturated heterocycles. The molecule has 0 heterocycles. The van der Waals surface area contributed by atoms with E-state index in [0.717, 1.165) is 18.4 Å². The van der Waals surface area contributed by atoms with Crippen molar-refractivity contribution in [3.05, 3.63) is 64.7 Å². The first kappa shape index (κ1) is 22.7. The van der Waals surface area contributed by atoms with Crippen LogP contribution in [-0.2, 0) is 21.4 Å². The molecule has 1 unspecified atom stereocenters. The topological polar surface area (TPSA) is 69.7 Å². The fraction of sp³-hybridized carbons (Fsp3) is 0.409. The van der Waals surface area contributed by atoms with Gasteiger partial charge in [-0.15, -0.1) is 0 Å². The zero-order chi connectivity index (χ0) is 21.9. The van der Waals surface area contributed by atoms with E-state index in [2.05, 4.69) is 17.1 Å². The molecule has 6 nitrogen and oxygen atoms in total. The van der Waals surface area contributed by atoms with Gasteiger partial charge in [-0.1, -0.05) is 48.0 Å². The Bertz CT molecular complexity index is 1010. The number of nitrogens with zero attached hydrogens (tertiary/aromatic N) is 2. The lowest BCUT2D eigenvalue weighted by Gasteiger charge is -2.29. The van der Waals surface area contributed by atoms with Crippen molar-refractivity contribution in [2.45, 2.75) is 43.3 Å². The Morgan fingerprint density at radius 1 is 1.13 bits per heavy atom. The lowest BCUT2D eigenvalue weighted by molar-refractivity contribution is -0.123. The molecule has 162 valence electrons. The molecule has 3 rings (SSSR count). The highest BCUT2D eigenvalue weighted by molar-refractivity contribution is 7.89. The number of carbonyl (C=O) groups excluding carboxylic acids is 1. The molecule has 0 radical (unpaired) electrons. The van der Waals surface area contributed by atoms with Crippen molar-refractivity contribution in [1.29, 1.82) is 0 Å². The fourth-order valence-electron chi connectivity index (χ4n) is 3.49. The molecular weight excluding hydrogens is 422 g/mol. The number of nitrogens with one attached hydrogen (secondary N) is 1. The standard InChI is InChI=1S/C22H28ClN3O3S/c1-16(19-9-5-6-10-20(19)23)26(18-12-13-18)15-22(27)24-14-17-8-4-7-11-21(17)30(28,29)25(2)3/h4-11,16,18H,12-15H2,1-3H3,(H,24,27). The molecule has 2 aromatic rings. The number of halogens is 1. The van der Waals surface area contributed by atoms with Gasteiger partial charge in [-0.25, -0.2) is 12.7 Å². The van der Waals surface area contributed by atoms with E-state index >= 15 is 0 Å². The SMILES string of the molecule is CC(c1ccccc1Cl)N(CC(=O)NCc1ccccc1S(=O)(=O)N(C)C)C1CC1. The summed E-state index contributed by atoms with van der Waals surface area (Å²) in [4.78, 5) is 15.1. The van der Waals surface area contributed by atoms with Gasteiger partial charge in [-0.2, -0.15) is 0 Å². The third kappa shape index (κ3) is 5.21. The Balaban J connectivity index is 1.69. The average Bonchev–Trinajstić information content (AvgIpc) is 3.55. The molecule has 1 amide bonds. The van der Waals surface area contributed by atoms with Crippen LogP contribution < -0.4 is 5.32 Å². The van der Waals surface area contributed by atoms with Gasteiger partial charge in [0.05, 0.1) is 11.4 Å². The van der Waals surface area contributed by atoms with Crippen LogP contribution in [0.25, 0.3) is 0 Å². The van der Waals surface area contributed by atoms with Gasteiger partial charge in [0.15, 0.2) is 0 Å². The van der Waals surface area contributed by atoms with E-state index in [9.17, 15) is 13.2 Å². The number of amides is 1. The second-order valence-electron chi connectivity index (χ2n) is 7.77. The number of sulfonamides is 1. The van der Waals surface area contributed by atoms with Crippen LogP contribution >= 0.6 is 11.6 Å². The Morgan fingerprint density at radius 2 is 1.77 bits per heavy atom. The first-order chi connectivity index (χ1) is 14.2. The van der Waals surface area contributed by atoms with Crippen molar-refractivity contribution in [3.8, 4) is 0 Å². The molecular formula is C22H28ClN3O3S. The number of carbonyl (C=O) groups is 1. The van der Waals surface area contributed by atoms with Gasteiger partial charge in [-0.3, -0.25) is 9.69 Å². The summed E-state index contributed by atoms with van der Waals surface area (Å²) in [5.41, 5.74) is 1.57. The maximum atomic E-state index is 12.7. The fourth-order valence-corrected chi connectivity index (χ4v) is 4.90. The van der Waals surface area contributed by atoms with Crippen LogP contribution in [0, 0.1) is 0 Å². The normalized spacial score (nSPS) is 15.4. The van der Waals surface area contributed by atoms with Crippen LogP contribution in [0.4, 0.5) is 0 Å².